The smallest absolute Gasteiger partial charge is 0.243 e. The number of nitrogens with zero attached hydrogens (tertiary/aromatic N) is 2. The van der Waals surface area contributed by atoms with Crippen molar-refractivity contribution in [3.8, 4) is 0 Å². The number of hydrogen-bond acceptors (Lipinski definition) is 4. The highest BCUT2D eigenvalue weighted by Gasteiger charge is 2.30. The predicted octanol–water partition coefficient (Wildman–Crippen LogP) is 3.45. The van der Waals surface area contributed by atoms with Gasteiger partial charge >= 0.3 is 0 Å². The number of aromatic nitrogens is 2. The van der Waals surface area contributed by atoms with Gasteiger partial charge in [-0.05, 0) is 57.6 Å². The normalized spacial score (nSPS) is 18.2. The molecule has 8 heteroatoms. The molecule has 0 saturated carbocycles. The average Bonchev–Trinajstić information content (AvgIpc) is 3.22. The van der Waals surface area contributed by atoms with Crippen molar-refractivity contribution in [2.75, 3.05) is 6.54 Å². The van der Waals surface area contributed by atoms with E-state index < -0.39 is 12.1 Å². The average molecular weight is 456 g/mol. The fraction of sp³-hybridized carbons (Fsp3) is 0.600. The molecule has 1 fully saturated rings. The molecule has 3 rings (SSSR count). The third kappa shape index (κ3) is 6.79. The van der Waals surface area contributed by atoms with Crippen LogP contribution in [0.25, 0.3) is 11.0 Å². The fourth-order valence-electron chi connectivity index (χ4n) is 4.22. The van der Waals surface area contributed by atoms with Crippen molar-refractivity contribution in [1.82, 2.24) is 25.5 Å². The highest BCUT2D eigenvalue weighted by atomic mass is 16.2. The second kappa shape index (κ2) is 11.3. The lowest BCUT2D eigenvalue weighted by Gasteiger charge is -2.34. The number of hydrogen-bond donors (Lipinski definition) is 3. The highest BCUT2D eigenvalue weighted by molar-refractivity contribution is 5.92. The Hall–Kier alpha value is -2.90. The van der Waals surface area contributed by atoms with Crippen molar-refractivity contribution >= 4 is 28.8 Å². The maximum absolute atomic E-state index is 13.2. The number of likely N-dealkylation sites (tertiary alicyclic amines) is 1. The maximum atomic E-state index is 13.2. The zero-order chi connectivity index (χ0) is 24.0. The number of carbonyl (C=O) groups is 3. The van der Waals surface area contributed by atoms with Crippen LogP contribution in [0.4, 0.5) is 0 Å². The van der Waals surface area contributed by atoms with Crippen molar-refractivity contribution in [3.63, 3.8) is 0 Å². The summed E-state index contributed by atoms with van der Waals surface area (Å²) in [7, 11) is 0. The van der Waals surface area contributed by atoms with Crippen molar-refractivity contribution in [2.24, 2.45) is 5.92 Å². The number of para-hydroxylation sites is 2. The summed E-state index contributed by atoms with van der Waals surface area (Å²) in [5, 5.41) is 5.74. The number of amides is 3. The van der Waals surface area contributed by atoms with Crippen molar-refractivity contribution < 1.29 is 14.4 Å². The van der Waals surface area contributed by atoms with E-state index in [0.717, 1.165) is 36.7 Å². The molecule has 1 aliphatic rings. The van der Waals surface area contributed by atoms with Gasteiger partial charge in [0.25, 0.3) is 0 Å². The van der Waals surface area contributed by atoms with Crippen LogP contribution in [0.15, 0.2) is 24.3 Å². The van der Waals surface area contributed by atoms with Gasteiger partial charge in [-0.3, -0.25) is 14.4 Å². The van der Waals surface area contributed by atoms with E-state index in [1.54, 1.807) is 0 Å². The Bertz CT molecular complexity index is 937. The SMILES string of the molecule is CC(C)CCC(=O)NC(CC(=O)N1CCCCC1C)C(=O)N[C@@H](C)c1nc2ccccc2[nH]1. The van der Waals surface area contributed by atoms with E-state index in [1.807, 2.05) is 56.9 Å². The molecule has 3 amide bonds. The molecule has 1 aromatic heterocycles. The Kier molecular flexibility index (Phi) is 8.47. The summed E-state index contributed by atoms with van der Waals surface area (Å²) in [5.74, 6) is 0.332. The Balaban J connectivity index is 1.69. The van der Waals surface area contributed by atoms with E-state index >= 15 is 0 Å². The topological polar surface area (TPSA) is 107 Å². The Labute approximate surface area is 195 Å². The van der Waals surface area contributed by atoms with Crippen molar-refractivity contribution in [1.29, 1.82) is 0 Å². The second-order valence-electron chi connectivity index (χ2n) is 9.56. The summed E-state index contributed by atoms with van der Waals surface area (Å²) in [5.41, 5.74) is 1.71. The number of H-pyrrole nitrogens is 1. The molecule has 1 saturated heterocycles. The van der Waals surface area contributed by atoms with Gasteiger partial charge in [0, 0.05) is 19.0 Å². The number of imidazole rings is 1. The first-order valence-corrected chi connectivity index (χ1v) is 12.1. The lowest BCUT2D eigenvalue weighted by Crippen LogP contribution is -2.51. The first kappa shape index (κ1) is 24.7. The van der Waals surface area contributed by atoms with Crippen molar-refractivity contribution in [3.05, 3.63) is 30.1 Å². The van der Waals surface area contributed by atoms with E-state index in [9.17, 15) is 14.4 Å². The van der Waals surface area contributed by atoms with E-state index in [0.29, 0.717) is 24.7 Å². The molecule has 0 spiro atoms. The maximum Gasteiger partial charge on any atom is 0.243 e. The van der Waals surface area contributed by atoms with Gasteiger partial charge in [-0.2, -0.15) is 0 Å². The van der Waals surface area contributed by atoms with Gasteiger partial charge in [0.1, 0.15) is 11.9 Å². The lowest BCUT2D eigenvalue weighted by molar-refractivity contribution is -0.138. The van der Waals surface area contributed by atoms with Gasteiger partial charge in [-0.1, -0.05) is 26.0 Å². The van der Waals surface area contributed by atoms with Gasteiger partial charge in [0.15, 0.2) is 0 Å². The molecule has 0 bridgehead atoms. The number of rotatable bonds is 9. The van der Waals surface area contributed by atoms with Crippen molar-refractivity contribution in [2.45, 2.75) is 84.3 Å². The summed E-state index contributed by atoms with van der Waals surface area (Å²) in [6.07, 6.45) is 4.05. The first-order chi connectivity index (χ1) is 15.7. The molecular formula is C25H37N5O3. The monoisotopic (exact) mass is 455 g/mol. The largest absolute Gasteiger partial charge is 0.345 e. The first-order valence-electron chi connectivity index (χ1n) is 12.1. The number of piperidine rings is 1. The Morgan fingerprint density at radius 2 is 1.91 bits per heavy atom. The Morgan fingerprint density at radius 1 is 1.15 bits per heavy atom. The molecule has 2 heterocycles. The summed E-state index contributed by atoms with van der Waals surface area (Å²) in [4.78, 5) is 48.3. The summed E-state index contributed by atoms with van der Waals surface area (Å²) >= 11 is 0. The molecule has 2 unspecified atom stereocenters. The van der Waals surface area contributed by atoms with Crippen LogP contribution in [-0.2, 0) is 14.4 Å². The zero-order valence-corrected chi connectivity index (χ0v) is 20.2. The minimum absolute atomic E-state index is 0.0452. The van der Waals surface area contributed by atoms with Crippen LogP contribution in [0.1, 0.15) is 78.1 Å². The Morgan fingerprint density at radius 3 is 2.61 bits per heavy atom. The summed E-state index contributed by atoms with van der Waals surface area (Å²) < 4.78 is 0. The van der Waals surface area contributed by atoms with Gasteiger partial charge < -0.3 is 20.5 Å². The number of aromatic amines is 1. The van der Waals surface area contributed by atoms with E-state index in [4.69, 9.17) is 0 Å². The molecule has 0 radical (unpaired) electrons. The molecule has 3 atom stereocenters. The third-order valence-corrected chi connectivity index (χ3v) is 6.28. The molecule has 1 aromatic carbocycles. The molecule has 1 aliphatic heterocycles. The van der Waals surface area contributed by atoms with E-state index in [-0.39, 0.29) is 30.2 Å². The molecular weight excluding hydrogens is 418 g/mol. The molecule has 2 aromatic rings. The fourth-order valence-corrected chi connectivity index (χ4v) is 4.22. The van der Waals surface area contributed by atoms with Crippen LogP contribution >= 0.6 is 0 Å². The number of carbonyl (C=O) groups excluding carboxylic acids is 3. The van der Waals surface area contributed by atoms with Gasteiger partial charge in [-0.15, -0.1) is 0 Å². The standard InChI is InChI=1S/C25H37N5O3/c1-16(2)12-13-22(31)27-21(15-23(32)30-14-8-7-9-17(30)3)25(33)26-18(4)24-28-19-10-5-6-11-20(19)29-24/h5-6,10-11,16-18,21H,7-9,12-15H2,1-4H3,(H,26,33)(H,27,31)(H,28,29)/t17?,18-,21?/m0/s1. The summed E-state index contributed by atoms with van der Waals surface area (Å²) in [6, 6.07) is 6.50. The third-order valence-electron chi connectivity index (χ3n) is 6.28. The summed E-state index contributed by atoms with van der Waals surface area (Å²) in [6.45, 7) is 8.67. The van der Waals surface area contributed by atoms with Crippen LogP contribution in [-0.4, -0.2) is 51.2 Å². The number of benzene rings is 1. The lowest BCUT2D eigenvalue weighted by atomic mass is 10.0. The molecule has 33 heavy (non-hydrogen) atoms. The molecule has 0 aliphatic carbocycles. The zero-order valence-electron chi connectivity index (χ0n) is 20.2. The van der Waals surface area contributed by atoms with Crippen LogP contribution < -0.4 is 10.6 Å². The quantitative estimate of drug-likeness (QED) is 0.538. The minimum atomic E-state index is -0.918. The van der Waals surface area contributed by atoms with Gasteiger partial charge in [-0.25, -0.2) is 4.98 Å². The van der Waals surface area contributed by atoms with Crippen LogP contribution in [0.5, 0.6) is 0 Å². The second-order valence-corrected chi connectivity index (χ2v) is 9.56. The van der Waals surface area contributed by atoms with Gasteiger partial charge in [0.05, 0.1) is 23.5 Å². The highest BCUT2D eigenvalue weighted by Crippen LogP contribution is 2.19. The minimum Gasteiger partial charge on any atom is -0.345 e. The van der Waals surface area contributed by atoms with Gasteiger partial charge in [0.2, 0.25) is 17.7 Å². The van der Waals surface area contributed by atoms with E-state index in [2.05, 4.69) is 20.6 Å². The molecule has 3 N–H and O–H groups in total. The number of fused-ring (bicyclic) bond motifs is 1. The molecule has 8 nitrogen and oxygen atoms in total. The number of nitrogens with one attached hydrogen (secondary N) is 3. The predicted molar refractivity (Wildman–Crippen MR) is 128 cm³/mol. The van der Waals surface area contributed by atoms with Crippen LogP contribution in [0, 0.1) is 5.92 Å². The molecule has 180 valence electrons. The van der Waals surface area contributed by atoms with E-state index in [1.165, 1.54) is 0 Å². The van der Waals surface area contributed by atoms with Crippen LogP contribution in [0.2, 0.25) is 0 Å². The van der Waals surface area contributed by atoms with Crippen LogP contribution in [0.3, 0.4) is 0 Å².